The number of benzene rings is 2. The van der Waals surface area contributed by atoms with E-state index in [4.69, 9.17) is 0 Å². The Hall–Kier alpha value is -4.74. The molecule has 9 nitrogen and oxygen atoms in total. The molecule has 0 bridgehead atoms. The number of nitrogens with one attached hydrogen (secondary N) is 1. The van der Waals surface area contributed by atoms with Gasteiger partial charge in [-0.05, 0) is 42.7 Å². The third kappa shape index (κ3) is 3.82. The normalized spacial score (nSPS) is 17.5. The summed E-state index contributed by atoms with van der Waals surface area (Å²) in [5.41, 5.74) is 5.07. The third-order valence-corrected chi connectivity index (χ3v) is 7.26. The van der Waals surface area contributed by atoms with E-state index in [9.17, 15) is 13.2 Å². The van der Waals surface area contributed by atoms with Crippen LogP contribution in [0.15, 0.2) is 67.1 Å². The van der Waals surface area contributed by atoms with E-state index in [1.807, 2.05) is 62.4 Å². The third-order valence-electron chi connectivity index (χ3n) is 7.26. The molecule has 6 aromatic rings. The van der Waals surface area contributed by atoms with Gasteiger partial charge >= 0.3 is 6.18 Å². The van der Waals surface area contributed by atoms with Crippen LogP contribution in [0.3, 0.4) is 0 Å². The van der Waals surface area contributed by atoms with Crippen LogP contribution in [0, 0.1) is 13.8 Å². The minimum Gasteiger partial charge on any atom is -0.363 e. The SMILES string of the molecule is Cc1ccc([C@@H]2C[C@H](C(F)(F)F)n3nc(-c4nc5c6cnn(-c7ccccc7)c6ncn5n4)cc3N2)cc1C. The van der Waals surface area contributed by atoms with Crippen molar-refractivity contribution in [3.63, 3.8) is 0 Å². The number of anilines is 1. The molecule has 1 N–H and O–H groups in total. The summed E-state index contributed by atoms with van der Waals surface area (Å²) in [7, 11) is 0. The maximum atomic E-state index is 14.2. The van der Waals surface area contributed by atoms with Crippen LogP contribution in [0.5, 0.6) is 0 Å². The fourth-order valence-corrected chi connectivity index (χ4v) is 5.07. The van der Waals surface area contributed by atoms with E-state index < -0.39 is 18.3 Å². The molecule has 1 aliphatic heterocycles. The van der Waals surface area contributed by atoms with Gasteiger partial charge < -0.3 is 5.32 Å². The molecule has 0 unspecified atom stereocenters. The quantitative estimate of drug-likeness (QED) is 0.321. The molecule has 0 aliphatic carbocycles. The molecule has 5 heterocycles. The molecule has 0 radical (unpaired) electrons. The lowest BCUT2D eigenvalue weighted by Gasteiger charge is -2.33. The molecule has 39 heavy (non-hydrogen) atoms. The zero-order valence-corrected chi connectivity index (χ0v) is 20.9. The van der Waals surface area contributed by atoms with Gasteiger partial charge in [0.2, 0.25) is 5.82 Å². The molecular weight excluding hydrogens is 507 g/mol. The number of nitrogens with zero attached hydrogens (tertiary/aromatic N) is 8. The van der Waals surface area contributed by atoms with Crippen LogP contribution in [0.1, 0.15) is 35.2 Å². The van der Waals surface area contributed by atoms with Gasteiger partial charge in [0.15, 0.2) is 17.3 Å². The van der Waals surface area contributed by atoms with Crippen molar-refractivity contribution in [1.82, 2.24) is 39.1 Å². The lowest BCUT2D eigenvalue weighted by molar-refractivity contribution is -0.173. The lowest BCUT2D eigenvalue weighted by Crippen LogP contribution is -2.35. The summed E-state index contributed by atoms with van der Waals surface area (Å²) in [5, 5.41) is 17.1. The van der Waals surface area contributed by atoms with Gasteiger partial charge in [-0.25, -0.2) is 23.8 Å². The summed E-state index contributed by atoms with van der Waals surface area (Å²) in [5.74, 6) is 0.463. The summed E-state index contributed by atoms with van der Waals surface area (Å²) in [6.07, 6.45) is -1.50. The smallest absolute Gasteiger partial charge is 0.363 e. The van der Waals surface area contributed by atoms with Gasteiger partial charge in [-0.2, -0.15) is 23.4 Å². The molecule has 4 aromatic heterocycles. The van der Waals surface area contributed by atoms with Gasteiger partial charge in [0.25, 0.3) is 0 Å². The Labute approximate surface area is 219 Å². The molecule has 7 rings (SSSR count). The van der Waals surface area contributed by atoms with Crippen molar-refractivity contribution >= 4 is 22.5 Å². The Morgan fingerprint density at radius 3 is 2.54 bits per heavy atom. The first kappa shape index (κ1) is 23.4. The largest absolute Gasteiger partial charge is 0.410 e. The van der Waals surface area contributed by atoms with Crippen LogP contribution in [0.25, 0.3) is 33.9 Å². The van der Waals surface area contributed by atoms with Gasteiger partial charge in [-0.15, -0.1) is 5.10 Å². The van der Waals surface area contributed by atoms with Crippen molar-refractivity contribution in [2.45, 2.75) is 38.5 Å². The predicted molar refractivity (Wildman–Crippen MR) is 139 cm³/mol. The second-order valence-corrected chi connectivity index (χ2v) is 9.77. The van der Waals surface area contributed by atoms with Crippen LogP contribution in [0.2, 0.25) is 0 Å². The van der Waals surface area contributed by atoms with Crippen molar-refractivity contribution < 1.29 is 13.2 Å². The molecule has 0 spiro atoms. The molecule has 0 saturated carbocycles. The molecule has 0 amide bonds. The summed E-state index contributed by atoms with van der Waals surface area (Å²) in [4.78, 5) is 9.11. The highest BCUT2D eigenvalue weighted by Gasteiger charge is 2.46. The summed E-state index contributed by atoms with van der Waals surface area (Å²) >= 11 is 0. The van der Waals surface area contributed by atoms with E-state index in [1.165, 1.54) is 10.8 Å². The van der Waals surface area contributed by atoms with Crippen molar-refractivity contribution in [1.29, 1.82) is 0 Å². The number of aromatic nitrogens is 8. The minimum atomic E-state index is -4.48. The number of alkyl halides is 3. The minimum absolute atomic E-state index is 0.179. The molecular formula is C27H22F3N9. The maximum absolute atomic E-state index is 14.2. The average Bonchev–Trinajstić information content (AvgIpc) is 3.65. The summed E-state index contributed by atoms with van der Waals surface area (Å²) in [6.45, 7) is 3.93. The van der Waals surface area contributed by atoms with Crippen LogP contribution in [0.4, 0.5) is 19.0 Å². The Balaban J connectivity index is 1.30. The van der Waals surface area contributed by atoms with E-state index in [0.29, 0.717) is 16.7 Å². The standard InChI is InChI=1S/C27H22F3N9/c1-15-8-9-17(10-16(15)2)20-11-22(27(28,29)30)39-23(33-20)12-21(35-39)24-34-26-19-13-32-38(18-6-4-3-5-7-18)25(19)31-14-37(26)36-24/h3-10,12-14,20,22,33H,11H2,1-2H3/t20-,22+/m0/s1. The highest BCUT2D eigenvalue weighted by atomic mass is 19.4. The number of hydrogen-bond donors (Lipinski definition) is 1. The number of hydrogen-bond acceptors (Lipinski definition) is 6. The number of fused-ring (bicyclic) bond motifs is 4. The van der Waals surface area contributed by atoms with Crippen molar-refractivity contribution in [3.8, 4) is 17.2 Å². The lowest BCUT2D eigenvalue weighted by atomic mass is 9.94. The molecule has 2 aromatic carbocycles. The second-order valence-electron chi connectivity index (χ2n) is 9.77. The topological polar surface area (TPSA) is 90.8 Å². The number of rotatable bonds is 3. The zero-order chi connectivity index (χ0) is 26.9. The molecule has 12 heteroatoms. The average molecular weight is 530 g/mol. The number of aryl methyl sites for hydroxylation is 2. The van der Waals surface area contributed by atoms with Crippen LogP contribution in [-0.4, -0.2) is 45.3 Å². The van der Waals surface area contributed by atoms with Gasteiger partial charge in [-0.3, -0.25) is 0 Å². The first-order valence-electron chi connectivity index (χ1n) is 12.4. The molecule has 0 fully saturated rings. The van der Waals surface area contributed by atoms with Gasteiger partial charge in [0.1, 0.15) is 17.8 Å². The van der Waals surface area contributed by atoms with E-state index in [2.05, 4.69) is 30.6 Å². The first-order valence-corrected chi connectivity index (χ1v) is 12.4. The van der Waals surface area contributed by atoms with Crippen LogP contribution >= 0.6 is 0 Å². The first-order chi connectivity index (χ1) is 18.8. The Morgan fingerprint density at radius 1 is 0.949 bits per heavy atom. The molecule has 0 saturated heterocycles. The summed E-state index contributed by atoms with van der Waals surface area (Å²) < 4.78 is 46.8. The molecule has 1 aliphatic rings. The highest BCUT2D eigenvalue weighted by molar-refractivity contribution is 5.89. The van der Waals surface area contributed by atoms with Crippen LogP contribution < -0.4 is 5.32 Å². The number of para-hydroxylation sites is 1. The van der Waals surface area contributed by atoms with E-state index in [0.717, 1.165) is 27.1 Å². The predicted octanol–water partition coefficient (Wildman–Crippen LogP) is 5.60. The van der Waals surface area contributed by atoms with Gasteiger partial charge in [-0.1, -0.05) is 36.4 Å². The molecule has 2 atom stereocenters. The van der Waals surface area contributed by atoms with E-state index in [-0.39, 0.29) is 23.8 Å². The fourth-order valence-electron chi connectivity index (χ4n) is 5.07. The maximum Gasteiger partial charge on any atom is 0.410 e. The number of halogens is 3. The van der Waals surface area contributed by atoms with Crippen molar-refractivity contribution in [2.24, 2.45) is 0 Å². The summed E-state index contributed by atoms with van der Waals surface area (Å²) in [6, 6.07) is 14.6. The highest BCUT2D eigenvalue weighted by Crippen LogP contribution is 2.44. The van der Waals surface area contributed by atoms with Gasteiger partial charge in [0.05, 0.1) is 23.3 Å². The Kier molecular flexibility index (Phi) is 5.03. The van der Waals surface area contributed by atoms with Crippen molar-refractivity contribution in [2.75, 3.05) is 5.32 Å². The fraction of sp³-hybridized carbons (Fsp3) is 0.222. The Morgan fingerprint density at radius 2 is 1.77 bits per heavy atom. The molecule has 196 valence electrons. The monoisotopic (exact) mass is 529 g/mol. The Bertz CT molecular complexity index is 1850. The van der Waals surface area contributed by atoms with Crippen LogP contribution in [-0.2, 0) is 0 Å². The van der Waals surface area contributed by atoms with E-state index >= 15 is 0 Å². The second kappa shape index (κ2) is 8.38. The van der Waals surface area contributed by atoms with Crippen molar-refractivity contribution in [3.05, 3.63) is 83.8 Å². The van der Waals surface area contributed by atoms with Gasteiger partial charge in [0, 0.05) is 12.5 Å². The van der Waals surface area contributed by atoms with E-state index in [1.54, 1.807) is 16.9 Å². The zero-order valence-electron chi connectivity index (χ0n) is 20.9.